The van der Waals surface area contributed by atoms with Crippen LogP contribution in [0, 0.1) is 11.3 Å². The fourth-order valence-electron chi connectivity index (χ4n) is 0.910. The lowest BCUT2D eigenvalue weighted by molar-refractivity contribution is -0.136. The summed E-state index contributed by atoms with van der Waals surface area (Å²) in [6, 6.07) is 0. The van der Waals surface area contributed by atoms with E-state index in [1.54, 1.807) is 0 Å². The second-order valence-corrected chi connectivity index (χ2v) is 4.09. The topological polar surface area (TPSA) is 26.3 Å². The SMILES string of the molecule is CC(OC=O)C(C)C(C)(C)C. The van der Waals surface area contributed by atoms with Crippen LogP contribution < -0.4 is 0 Å². The lowest BCUT2D eigenvalue weighted by Gasteiger charge is -2.30. The zero-order chi connectivity index (χ0) is 9.07. The number of hydrogen-bond donors (Lipinski definition) is 0. The average Bonchev–Trinajstić information content (AvgIpc) is 1.85. The van der Waals surface area contributed by atoms with Crippen molar-refractivity contribution in [3.05, 3.63) is 0 Å². The summed E-state index contributed by atoms with van der Waals surface area (Å²) < 4.78 is 4.85. The maximum atomic E-state index is 10.0. The molecule has 0 aliphatic heterocycles. The molecule has 2 atom stereocenters. The van der Waals surface area contributed by atoms with E-state index in [0.29, 0.717) is 12.4 Å². The molecule has 11 heavy (non-hydrogen) atoms. The molecule has 0 saturated heterocycles. The van der Waals surface area contributed by atoms with E-state index in [9.17, 15) is 4.79 Å². The number of ether oxygens (including phenoxy) is 1. The molecule has 0 aliphatic rings. The Hall–Kier alpha value is -0.530. The van der Waals surface area contributed by atoms with Gasteiger partial charge in [0.05, 0.1) is 0 Å². The fourth-order valence-corrected chi connectivity index (χ4v) is 0.910. The largest absolute Gasteiger partial charge is 0.465 e. The highest BCUT2D eigenvalue weighted by atomic mass is 16.5. The summed E-state index contributed by atoms with van der Waals surface area (Å²) in [5.41, 5.74) is 0.197. The van der Waals surface area contributed by atoms with Gasteiger partial charge in [0, 0.05) is 0 Å². The van der Waals surface area contributed by atoms with Gasteiger partial charge in [-0.3, -0.25) is 4.79 Å². The first-order valence-corrected chi connectivity index (χ1v) is 3.98. The summed E-state index contributed by atoms with van der Waals surface area (Å²) in [7, 11) is 0. The summed E-state index contributed by atoms with van der Waals surface area (Å²) in [5, 5.41) is 0. The van der Waals surface area contributed by atoms with Crippen molar-refractivity contribution >= 4 is 6.47 Å². The molecular weight excluding hydrogens is 140 g/mol. The van der Waals surface area contributed by atoms with Gasteiger partial charge in [-0.2, -0.15) is 0 Å². The zero-order valence-corrected chi connectivity index (χ0v) is 8.05. The van der Waals surface area contributed by atoms with E-state index in [0.717, 1.165) is 0 Å². The second-order valence-electron chi connectivity index (χ2n) is 4.09. The van der Waals surface area contributed by atoms with E-state index in [2.05, 4.69) is 27.7 Å². The van der Waals surface area contributed by atoms with Gasteiger partial charge in [-0.1, -0.05) is 27.7 Å². The van der Waals surface area contributed by atoms with Gasteiger partial charge in [0.15, 0.2) is 0 Å². The summed E-state index contributed by atoms with van der Waals surface area (Å²) >= 11 is 0. The van der Waals surface area contributed by atoms with Gasteiger partial charge in [0.2, 0.25) is 0 Å². The van der Waals surface area contributed by atoms with Crippen molar-refractivity contribution in [2.45, 2.75) is 40.7 Å². The van der Waals surface area contributed by atoms with Gasteiger partial charge in [-0.05, 0) is 18.3 Å². The summed E-state index contributed by atoms with van der Waals surface area (Å²) in [6.45, 7) is 11.0. The molecule has 0 aliphatic carbocycles. The van der Waals surface area contributed by atoms with Gasteiger partial charge in [0.25, 0.3) is 6.47 Å². The highest BCUT2D eigenvalue weighted by molar-refractivity contribution is 5.37. The molecule has 0 aromatic carbocycles. The van der Waals surface area contributed by atoms with Crippen molar-refractivity contribution in [2.24, 2.45) is 11.3 Å². The smallest absolute Gasteiger partial charge is 0.293 e. The first-order chi connectivity index (χ1) is 4.89. The van der Waals surface area contributed by atoms with Crippen LogP contribution in [0.25, 0.3) is 0 Å². The van der Waals surface area contributed by atoms with Crippen LogP contribution in [0.1, 0.15) is 34.6 Å². The monoisotopic (exact) mass is 158 g/mol. The van der Waals surface area contributed by atoms with Gasteiger partial charge in [-0.15, -0.1) is 0 Å². The summed E-state index contributed by atoms with van der Waals surface area (Å²) in [4.78, 5) is 10.0. The Balaban J connectivity index is 4.01. The van der Waals surface area contributed by atoms with Crippen LogP contribution in [-0.4, -0.2) is 12.6 Å². The summed E-state index contributed by atoms with van der Waals surface area (Å²) in [5.74, 6) is 0.382. The normalized spacial score (nSPS) is 17.2. The molecule has 0 N–H and O–H groups in total. The Morgan fingerprint density at radius 1 is 1.27 bits per heavy atom. The van der Waals surface area contributed by atoms with E-state index >= 15 is 0 Å². The molecule has 2 nitrogen and oxygen atoms in total. The third-order valence-electron chi connectivity index (χ3n) is 2.34. The quantitative estimate of drug-likeness (QED) is 0.589. The summed E-state index contributed by atoms with van der Waals surface area (Å²) in [6.07, 6.45) is 0.00694. The van der Waals surface area contributed by atoms with E-state index < -0.39 is 0 Å². The molecular formula is C9H18O2. The van der Waals surface area contributed by atoms with Gasteiger partial charge in [0.1, 0.15) is 6.10 Å². The molecule has 0 fully saturated rings. The minimum absolute atomic E-state index is 0.00694. The minimum atomic E-state index is 0.00694. The van der Waals surface area contributed by atoms with Crippen molar-refractivity contribution in [3.63, 3.8) is 0 Å². The lowest BCUT2D eigenvalue weighted by atomic mass is 9.79. The molecule has 0 bridgehead atoms. The van der Waals surface area contributed by atoms with Crippen LogP contribution in [0.3, 0.4) is 0 Å². The zero-order valence-electron chi connectivity index (χ0n) is 8.05. The molecule has 0 rings (SSSR count). The van der Waals surface area contributed by atoms with Crippen LogP contribution in [0.4, 0.5) is 0 Å². The minimum Gasteiger partial charge on any atom is -0.465 e. The Bertz CT molecular complexity index is 124. The van der Waals surface area contributed by atoms with Gasteiger partial charge < -0.3 is 4.74 Å². The first kappa shape index (κ1) is 10.5. The van der Waals surface area contributed by atoms with E-state index in [1.807, 2.05) is 6.92 Å². The number of carbonyl (C=O) groups excluding carboxylic acids is 1. The maximum absolute atomic E-state index is 10.0. The van der Waals surface area contributed by atoms with Gasteiger partial charge in [-0.25, -0.2) is 0 Å². The number of rotatable bonds is 3. The second kappa shape index (κ2) is 3.74. The fraction of sp³-hybridized carbons (Fsp3) is 0.889. The van der Waals surface area contributed by atoms with Crippen molar-refractivity contribution in [1.29, 1.82) is 0 Å². The Labute approximate surface area is 68.9 Å². The third-order valence-corrected chi connectivity index (χ3v) is 2.34. The molecule has 0 aromatic heterocycles. The van der Waals surface area contributed by atoms with E-state index in [1.165, 1.54) is 0 Å². The third kappa shape index (κ3) is 3.40. The van der Waals surface area contributed by atoms with Crippen molar-refractivity contribution in [3.8, 4) is 0 Å². The molecule has 2 heteroatoms. The highest BCUT2D eigenvalue weighted by Crippen LogP contribution is 2.28. The first-order valence-electron chi connectivity index (χ1n) is 3.98. The van der Waals surface area contributed by atoms with Crippen LogP contribution in [0.5, 0.6) is 0 Å². The van der Waals surface area contributed by atoms with Gasteiger partial charge >= 0.3 is 0 Å². The van der Waals surface area contributed by atoms with Crippen LogP contribution in [-0.2, 0) is 9.53 Å². The molecule has 0 aromatic rings. The Morgan fingerprint density at radius 2 is 1.73 bits per heavy atom. The molecule has 0 amide bonds. The lowest BCUT2D eigenvalue weighted by Crippen LogP contribution is -2.29. The van der Waals surface area contributed by atoms with Crippen molar-refractivity contribution in [2.75, 3.05) is 0 Å². The number of carbonyl (C=O) groups is 1. The molecule has 0 saturated carbocycles. The predicted molar refractivity (Wildman–Crippen MR) is 45.2 cm³/mol. The average molecular weight is 158 g/mol. The van der Waals surface area contributed by atoms with Crippen LogP contribution >= 0.6 is 0 Å². The predicted octanol–water partition coefficient (Wildman–Crippen LogP) is 2.23. The molecule has 0 radical (unpaired) electrons. The van der Waals surface area contributed by atoms with Crippen LogP contribution in [0.15, 0.2) is 0 Å². The molecule has 0 heterocycles. The van der Waals surface area contributed by atoms with E-state index in [4.69, 9.17) is 4.74 Å². The highest BCUT2D eigenvalue weighted by Gasteiger charge is 2.26. The Kier molecular flexibility index (Phi) is 3.56. The van der Waals surface area contributed by atoms with Crippen LogP contribution in [0.2, 0.25) is 0 Å². The standard InChI is InChI=1S/C9H18O2/c1-7(9(3,4)5)8(2)11-6-10/h6-8H,1-5H3. The molecule has 2 unspecified atom stereocenters. The van der Waals surface area contributed by atoms with Crippen molar-refractivity contribution < 1.29 is 9.53 Å². The molecule has 0 spiro atoms. The number of hydrogen-bond acceptors (Lipinski definition) is 2. The molecule has 66 valence electrons. The van der Waals surface area contributed by atoms with Crippen molar-refractivity contribution in [1.82, 2.24) is 0 Å². The van der Waals surface area contributed by atoms with E-state index in [-0.39, 0.29) is 11.5 Å². The maximum Gasteiger partial charge on any atom is 0.293 e. The Morgan fingerprint density at radius 3 is 2.00 bits per heavy atom.